The second-order valence-electron chi connectivity index (χ2n) is 3.38. The van der Waals surface area contributed by atoms with E-state index in [0.29, 0.717) is 0 Å². The van der Waals surface area contributed by atoms with Crippen LogP contribution >= 0.6 is 7.60 Å². The van der Waals surface area contributed by atoms with E-state index >= 15 is 0 Å². The molecule has 0 aliphatic heterocycles. The van der Waals surface area contributed by atoms with Gasteiger partial charge in [-0.3, -0.25) is 4.57 Å². The minimum absolute atomic E-state index is 0.0259. The van der Waals surface area contributed by atoms with Gasteiger partial charge in [-0.1, -0.05) is 6.07 Å². The lowest BCUT2D eigenvalue weighted by Crippen LogP contribution is -2.18. The summed E-state index contributed by atoms with van der Waals surface area (Å²) >= 11 is 0. The van der Waals surface area contributed by atoms with Crippen molar-refractivity contribution in [2.24, 2.45) is 0 Å². The number of ether oxygens (including phenoxy) is 1. The molecule has 0 atom stereocenters. The Morgan fingerprint density at radius 3 is 2.21 bits per heavy atom. The van der Waals surface area contributed by atoms with E-state index in [2.05, 4.69) is 4.74 Å². The summed E-state index contributed by atoms with van der Waals surface area (Å²) < 4.78 is 62.5. The van der Waals surface area contributed by atoms with Crippen molar-refractivity contribution < 1.29 is 31.5 Å². The number of rotatable bonds is 6. The molecule has 0 saturated carbocycles. The third kappa shape index (κ3) is 4.86. The SMILES string of the molecule is CCOP(=O)(OCC)c1cccc(OC(F)(F)F)c1. The van der Waals surface area contributed by atoms with E-state index < -0.39 is 19.7 Å². The number of hydrogen-bond donors (Lipinski definition) is 0. The first-order valence-electron chi connectivity index (χ1n) is 5.56. The van der Waals surface area contributed by atoms with Crippen LogP contribution in [0.25, 0.3) is 0 Å². The zero-order valence-electron chi connectivity index (χ0n) is 10.4. The molecule has 19 heavy (non-hydrogen) atoms. The van der Waals surface area contributed by atoms with Crippen molar-refractivity contribution in [1.29, 1.82) is 0 Å². The Hall–Kier alpha value is -1.04. The van der Waals surface area contributed by atoms with Crippen LogP contribution in [0.2, 0.25) is 0 Å². The summed E-state index contributed by atoms with van der Waals surface area (Å²) in [5.41, 5.74) is 0. The number of alkyl halides is 3. The molecule has 0 heterocycles. The van der Waals surface area contributed by atoms with E-state index in [0.717, 1.165) is 12.1 Å². The highest BCUT2D eigenvalue weighted by Crippen LogP contribution is 2.47. The van der Waals surface area contributed by atoms with E-state index in [4.69, 9.17) is 9.05 Å². The van der Waals surface area contributed by atoms with E-state index in [-0.39, 0.29) is 18.5 Å². The average Bonchev–Trinajstić information content (AvgIpc) is 2.27. The molecule has 0 unspecified atom stereocenters. The molecule has 8 heteroatoms. The molecule has 0 saturated heterocycles. The predicted molar refractivity (Wildman–Crippen MR) is 63.6 cm³/mol. The topological polar surface area (TPSA) is 44.8 Å². The lowest BCUT2D eigenvalue weighted by molar-refractivity contribution is -0.274. The average molecular weight is 298 g/mol. The molecule has 0 amide bonds. The molecule has 0 radical (unpaired) electrons. The smallest absolute Gasteiger partial charge is 0.406 e. The van der Waals surface area contributed by atoms with Crippen LogP contribution in [0.15, 0.2) is 24.3 Å². The Morgan fingerprint density at radius 2 is 1.74 bits per heavy atom. The van der Waals surface area contributed by atoms with Crippen LogP contribution in [0.1, 0.15) is 13.8 Å². The normalized spacial score (nSPS) is 12.5. The van der Waals surface area contributed by atoms with Gasteiger partial charge < -0.3 is 13.8 Å². The fraction of sp³-hybridized carbons (Fsp3) is 0.455. The second kappa shape index (κ2) is 6.41. The highest BCUT2D eigenvalue weighted by atomic mass is 31.2. The molecular weight excluding hydrogens is 284 g/mol. The zero-order valence-corrected chi connectivity index (χ0v) is 11.3. The molecule has 4 nitrogen and oxygen atoms in total. The van der Waals surface area contributed by atoms with Gasteiger partial charge in [-0.25, -0.2) is 0 Å². The van der Waals surface area contributed by atoms with Crippen molar-refractivity contribution in [2.45, 2.75) is 20.2 Å². The third-order valence-corrected chi connectivity index (χ3v) is 4.07. The molecule has 1 aromatic carbocycles. The van der Waals surface area contributed by atoms with Crippen molar-refractivity contribution in [1.82, 2.24) is 0 Å². The highest BCUT2D eigenvalue weighted by molar-refractivity contribution is 7.62. The van der Waals surface area contributed by atoms with Gasteiger partial charge in [0.1, 0.15) is 5.75 Å². The first-order chi connectivity index (χ1) is 8.80. The molecule has 108 valence electrons. The van der Waals surface area contributed by atoms with Gasteiger partial charge in [0, 0.05) is 0 Å². The van der Waals surface area contributed by atoms with E-state index in [1.807, 2.05) is 0 Å². The Bertz CT molecular complexity index is 451. The van der Waals surface area contributed by atoms with Crippen LogP contribution in [0.3, 0.4) is 0 Å². The molecule has 0 aliphatic carbocycles. The Morgan fingerprint density at radius 1 is 1.16 bits per heavy atom. The molecule has 0 bridgehead atoms. The van der Waals surface area contributed by atoms with Crippen molar-refractivity contribution in [2.75, 3.05) is 13.2 Å². The van der Waals surface area contributed by atoms with Gasteiger partial charge in [0.15, 0.2) is 0 Å². The van der Waals surface area contributed by atoms with E-state index in [1.165, 1.54) is 12.1 Å². The maximum absolute atomic E-state index is 12.4. The Labute approximate surface area is 109 Å². The van der Waals surface area contributed by atoms with Crippen molar-refractivity contribution in [3.63, 3.8) is 0 Å². The standard InChI is InChI=1S/C11H14F3O4P/c1-3-16-19(15,17-4-2)10-7-5-6-9(8-10)18-11(12,13)14/h5-8H,3-4H2,1-2H3. The van der Waals surface area contributed by atoms with Gasteiger partial charge in [0.25, 0.3) is 0 Å². The van der Waals surface area contributed by atoms with Crippen molar-refractivity contribution in [3.05, 3.63) is 24.3 Å². The zero-order chi connectivity index (χ0) is 14.5. The van der Waals surface area contributed by atoms with Crippen molar-refractivity contribution >= 4 is 12.9 Å². The molecular formula is C11H14F3O4P. The highest BCUT2D eigenvalue weighted by Gasteiger charge is 2.32. The summed E-state index contributed by atoms with van der Waals surface area (Å²) in [6.07, 6.45) is -4.81. The van der Waals surface area contributed by atoms with Gasteiger partial charge in [-0.05, 0) is 32.0 Å². The summed E-state index contributed by atoms with van der Waals surface area (Å²) in [5, 5.41) is 0.0259. The minimum atomic E-state index is -4.81. The minimum Gasteiger partial charge on any atom is -0.406 e. The van der Waals surface area contributed by atoms with Crippen LogP contribution in [0.4, 0.5) is 13.2 Å². The number of hydrogen-bond acceptors (Lipinski definition) is 4. The summed E-state index contributed by atoms with van der Waals surface area (Å²) in [4.78, 5) is 0. The van der Waals surface area contributed by atoms with Crippen LogP contribution in [-0.4, -0.2) is 19.6 Å². The third-order valence-electron chi connectivity index (χ3n) is 1.97. The van der Waals surface area contributed by atoms with Gasteiger partial charge in [-0.15, -0.1) is 13.2 Å². The summed E-state index contributed by atoms with van der Waals surface area (Å²) in [6, 6.07) is 4.77. The van der Waals surface area contributed by atoms with Gasteiger partial charge in [0.2, 0.25) is 0 Å². The van der Waals surface area contributed by atoms with E-state index in [1.54, 1.807) is 13.8 Å². The number of benzene rings is 1. The lowest BCUT2D eigenvalue weighted by atomic mass is 10.3. The van der Waals surface area contributed by atoms with Crippen molar-refractivity contribution in [3.8, 4) is 5.75 Å². The van der Waals surface area contributed by atoms with E-state index in [9.17, 15) is 17.7 Å². The first-order valence-corrected chi connectivity index (χ1v) is 7.10. The number of halogens is 3. The molecule has 0 fully saturated rings. The predicted octanol–water partition coefficient (Wildman–Crippen LogP) is 3.48. The first kappa shape index (κ1) is 16.0. The maximum Gasteiger partial charge on any atom is 0.573 e. The quantitative estimate of drug-likeness (QED) is 0.754. The fourth-order valence-electron chi connectivity index (χ4n) is 1.38. The van der Waals surface area contributed by atoms with Crippen LogP contribution in [0, 0.1) is 0 Å². The summed E-state index contributed by atoms with van der Waals surface area (Å²) in [7, 11) is -3.61. The molecule has 0 spiro atoms. The molecule has 1 rings (SSSR count). The Kier molecular flexibility index (Phi) is 5.40. The largest absolute Gasteiger partial charge is 0.573 e. The van der Waals surface area contributed by atoms with Gasteiger partial charge in [0.05, 0.1) is 18.5 Å². The molecule has 0 N–H and O–H groups in total. The summed E-state index contributed by atoms with van der Waals surface area (Å²) in [5.74, 6) is -0.468. The van der Waals surface area contributed by atoms with Gasteiger partial charge >= 0.3 is 14.0 Å². The molecule has 1 aromatic rings. The molecule has 0 aromatic heterocycles. The van der Waals surface area contributed by atoms with Gasteiger partial charge in [-0.2, -0.15) is 0 Å². The second-order valence-corrected chi connectivity index (χ2v) is 5.41. The van der Waals surface area contributed by atoms with Crippen LogP contribution in [0.5, 0.6) is 5.75 Å². The lowest BCUT2D eigenvalue weighted by Gasteiger charge is -2.18. The Balaban J connectivity index is 3.05. The summed E-state index contributed by atoms with van der Waals surface area (Å²) in [6.45, 7) is 3.45. The van der Waals surface area contributed by atoms with Crippen LogP contribution < -0.4 is 10.0 Å². The van der Waals surface area contributed by atoms with Crippen LogP contribution in [-0.2, 0) is 13.6 Å². The fourth-order valence-corrected chi connectivity index (χ4v) is 2.98. The maximum atomic E-state index is 12.4. The monoisotopic (exact) mass is 298 g/mol. The molecule has 0 aliphatic rings.